The predicted octanol–water partition coefficient (Wildman–Crippen LogP) is 3.45. The monoisotopic (exact) mass is 407 g/mol. The van der Waals surface area contributed by atoms with E-state index in [1.54, 1.807) is 23.5 Å². The predicted molar refractivity (Wildman–Crippen MR) is 107 cm³/mol. The Morgan fingerprint density at radius 1 is 1.30 bits per heavy atom. The Morgan fingerprint density at radius 2 is 2.04 bits per heavy atom. The van der Waals surface area contributed by atoms with E-state index in [2.05, 4.69) is 0 Å². The van der Waals surface area contributed by atoms with Crippen LogP contribution in [0.15, 0.2) is 30.3 Å². The van der Waals surface area contributed by atoms with Crippen molar-refractivity contribution in [3.63, 3.8) is 0 Å². The average Bonchev–Trinajstić information content (AvgIpc) is 3.14. The molecule has 3 fully saturated rings. The number of hydrogen-bond acceptors (Lipinski definition) is 6. The Labute approximate surface area is 168 Å². The second-order valence-corrected chi connectivity index (χ2v) is 10.0. The van der Waals surface area contributed by atoms with Gasteiger partial charge in [0.2, 0.25) is 5.91 Å². The van der Waals surface area contributed by atoms with Gasteiger partial charge in [-0.1, -0.05) is 30.3 Å². The third kappa shape index (κ3) is 3.49. The highest BCUT2D eigenvalue weighted by molar-refractivity contribution is 8.19. The maximum atomic E-state index is 13.1. The van der Waals surface area contributed by atoms with Crippen LogP contribution in [0.5, 0.6) is 0 Å². The van der Waals surface area contributed by atoms with Crippen molar-refractivity contribution in [1.82, 2.24) is 4.90 Å². The first-order valence-corrected chi connectivity index (χ1v) is 11.6. The molecule has 0 N–H and O–H groups in total. The Bertz CT molecular complexity index is 692. The fourth-order valence-electron chi connectivity index (χ4n) is 4.24. The van der Waals surface area contributed by atoms with Gasteiger partial charge in [0.1, 0.15) is 6.23 Å². The summed E-state index contributed by atoms with van der Waals surface area (Å²) >= 11 is 3.32. The molecular formula is C20H25NO4S2. The number of hydrogen-bond donors (Lipinski definition) is 0. The molecule has 0 saturated carbocycles. The van der Waals surface area contributed by atoms with Gasteiger partial charge in [0.25, 0.3) is 0 Å². The Hall–Kier alpha value is -1.18. The van der Waals surface area contributed by atoms with Crippen LogP contribution in [0.25, 0.3) is 0 Å². The standard InChI is InChI=1S/C20H25NO4S2/c1-2-24-19(23)20(26-9-6-10-27-20)15-11-17(22)21-16(13-25-18(21)12-15)14-7-4-3-5-8-14/h3-5,7-8,15-16,18H,2,6,9-13H2,1H3/t15-,16-,18+/m0/s1. The van der Waals surface area contributed by atoms with Crippen molar-refractivity contribution in [2.24, 2.45) is 5.92 Å². The maximum absolute atomic E-state index is 13.1. The summed E-state index contributed by atoms with van der Waals surface area (Å²) in [6.07, 6.45) is 1.89. The second kappa shape index (κ2) is 8.05. The molecule has 3 heterocycles. The Balaban J connectivity index is 1.56. The summed E-state index contributed by atoms with van der Waals surface area (Å²) in [5.41, 5.74) is 1.10. The highest BCUT2D eigenvalue weighted by atomic mass is 32.2. The fraction of sp³-hybridized carbons (Fsp3) is 0.600. The van der Waals surface area contributed by atoms with Gasteiger partial charge in [-0.2, -0.15) is 0 Å². The summed E-state index contributed by atoms with van der Waals surface area (Å²) in [5.74, 6) is 1.70. The molecule has 3 saturated heterocycles. The molecule has 146 valence electrons. The topological polar surface area (TPSA) is 55.8 Å². The molecular weight excluding hydrogens is 382 g/mol. The minimum Gasteiger partial charge on any atom is -0.464 e. The lowest BCUT2D eigenvalue weighted by molar-refractivity contribution is -0.150. The average molecular weight is 408 g/mol. The van der Waals surface area contributed by atoms with Gasteiger partial charge in [-0.15, -0.1) is 23.5 Å². The van der Waals surface area contributed by atoms with E-state index in [1.807, 2.05) is 42.2 Å². The number of piperidine rings is 1. The first-order valence-electron chi connectivity index (χ1n) is 9.58. The lowest BCUT2D eigenvalue weighted by Crippen LogP contribution is -2.52. The van der Waals surface area contributed by atoms with E-state index in [1.165, 1.54) is 0 Å². The van der Waals surface area contributed by atoms with Crippen LogP contribution in [-0.2, 0) is 19.1 Å². The smallest absolute Gasteiger partial charge is 0.332 e. The van der Waals surface area contributed by atoms with Crippen LogP contribution in [0.2, 0.25) is 0 Å². The molecule has 0 spiro atoms. The molecule has 0 aliphatic carbocycles. The van der Waals surface area contributed by atoms with E-state index in [9.17, 15) is 9.59 Å². The van der Waals surface area contributed by atoms with Crippen LogP contribution in [0.1, 0.15) is 37.8 Å². The molecule has 5 nitrogen and oxygen atoms in total. The number of carbonyl (C=O) groups excluding carboxylic acids is 2. The third-order valence-electron chi connectivity index (χ3n) is 5.49. The van der Waals surface area contributed by atoms with Gasteiger partial charge < -0.3 is 14.4 Å². The summed E-state index contributed by atoms with van der Waals surface area (Å²) in [6.45, 7) is 2.71. The number of benzene rings is 1. The van der Waals surface area contributed by atoms with Gasteiger partial charge in [0.15, 0.2) is 4.08 Å². The quantitative estimate of drug-likeness (QED) is 0.713. The molecule has 27 heavy (non-hydrogen) atoms. The number of nitrogens with zero attached hydrogens (tertiary/aromatic N) is 1. The van der Waals surface area contributed by atoms with E-state index in [-0.39, 0.29) is 30.1 Å². The lowest BCUT2D eigenvalue weighted by atomic mass is 9.89. The largest absolute Gasteiger partial charge is 0.464 e. The number of thioether (sulfide) groups is 2. The minimum atomic E-state index is -0.676. The normalized spacial score (nSPS) is 30.0. The van der Waals surface area contributed by atoms with Crippen molar-refractivity contribution in [3.8, 4) is 0 Å². The number of amides is 1. The summed E-state index contributed by atoms with van der Waals surface area (Å²) in [6, 6.07) is 10.0. The molecule has 0 bridgehead atoms. The van der Waals surface area contributed by atoms with E-state index < -0.39 is 4.08 Å². The molecule has 1 aromatic carbocycles. The molecule has 4 rings (SSSR count). The third-order valence-corrected chi connectivity index (χ3v) is 9.04. The van der Waals surface area contributed by atoms with Gasteiger partial charge in [-0.3, -0.25) is 4.79 Å². The van der Waals surface area contributed by atoms with Crippen LogP contribution >= 0.6 is 23.5 Å². The summed E-state index contributed by atoms with van der Waals surface area (Å²) in [7, 11) is 0. The number of ether oxygens (including phenoxy) is 2. The molecule has 0 radical (unpaired) electrons. The van der Waals surface area contributed by atoms with Crippen molar-refractivity contribution in [3.05, 3.63) is 35.9 Å². The SMILES string of the molecule is CCOC(=O)C1([C@H]2CC(=O)N3[C@@H](C2)OC[C@H]3c2ccccc2)SCCCS1. The molecule has 7 heteroatoms. The molecule has 0 unspecified atom stereocenters. The van der Waals surface area contributed by atoms with Crippen molar-refractivity contribution in [2.75, 3.05) is 24.7 Å². The molecule has 0 aromatic heterocycles. The zero-order chi connectivity index (χ0) is 18.9. The van der Waals surface area contributed by atoms with Gasteiger partial charge in [0.05, 0.1) is 19.3 Å². The molecule has 3 aliphatic rings. The molecule has 1 aromatic rings. The van der Waals surface area contributed by atoms with Crippen LogP contribution in [0.3, 0.4) is 0 Å². The van der Waals surface area contributed by atoms with E-state index in [4.69, 9.17) is 9.47 Å². The zero-order valence-corrected chi connectivity index (χ0v) is 17.1. The van der Waals surface area contributed by atoms with Gasteiger partial charge >= 0.3 is 5.97 Å². The van der Waals surface area contributed by atoms with E-state index >= 15 is 0 Å². The summed E-state index contributed by atoms with van der Waals surface area (Å²) in [4.78, 5) is 27.9. The number of carbonyl (C=O) groups is 2. The van der Waals surface area contributed by atoms with Crippen LogP contribution < -0.4 is 0 Å². The highest BCUT2D eigenvalue weighted by Crippen LogP contribution is 2.53. The van der Waals surface area contributed by atoms with Gasteiger partial charge in [-0.05, 0) is 36.8 Å². The molecule has 3 atom stereocenters. The van der Waals surface area contributed by atoms with Crippen LogP contribution in [0, 0.1) is 5.92 Å². The summed E-state index contributed by atoms with van der Waals surface area (Å²) in [5, 5.41) is 0. The number of fused-ring (bicyclic) bond motifs is 1. The van der Waals surface area contributed by atoms with Crippen molar-refractivity contribution in [1.29, 1.82) is 0 Å². The Kier molecular flexibility index (Phi) is 5.71. The maximum Gasteiger partial charge on any atom is 0.332 e. The molecule has 1 amide bonds. The Morgan fingerprint density at radius 3 is 2.74 bits per heavy atom. The van der Waals surface area contributed by atoms with Gasteiger partial charge in [-0.25, -0.2) is 4.79 Å². The summed E-state index contributed by atoms with van der Waals surface area (Å²) < 4.78 is 10.8. The first-order chi connectivity index (χ1) is 13.2. The lowest BCUT2D eigenvalue weighted by Gasteiger charge is -2.45. The zero-order valence-electron chi connectivity index (χ0n) is 15.5. The van der Waals surface area contributed by atoms with E-state index in [0.717, 1.165) is 23.5 Å². The van der Waals surface area contributed by atoms with Crippen molar-refractivity contribution >= 4 is 35.4 Å². The van der Waals surface area contributed by atoms with Crippen LogP contribution in [0.4, 0.5) is 0 Å². The van der Waals surface area contributed by atoms with Crippen molar-refractivity contribution in [2.45, 2.75) is 42.5 Å². The number of rotatable bonds is 4. The highest BCUT2D eigenvalue weighted by Gasteiger charge is 2.55. The van der Waals surface area contributed by atoms with Crippen LogP contribution in [-0.4, -0.2) is 51.8 Å². The minimum absolute atomic E-state index is 0.0325. The van der Waals surface area contributed by atoms with E-state index in [0.29, 0.717) is 26.1 Å². The van der Waals surface area contributed by atoms with Crippen molar-refractivity contribution < 1.29 is 19.1 Å². The fourth-order valence-corrected chi connectivity index (χ4v) is 7.63. The molecule has 3 aliphatic heterocycles. The number of esters is 1. The second-order valence-electron chi connectivity index (χ2n) is 7.09. The van der Waals surface area contributed by atoms with Gasteiger partial charge in [0, 0.05) is 12.3 Å². The first kappa shape index (κ1) is 19.2.